The van der Waals surface area contributed by atoms with E-state index in [4.69, 9.17) is 17.3 Å². The molecule has 3 N–H and O–H groups in total. The summed E-state index contributed by atoms with van der Waals surface area (Å²) >= 11 is 5.73. The zero-order chi connectivity index (χ0) is 10.0. The van der Waals surface area contributed by atoms with Crippen LogP contribution in [0.3, 0.4) is 0 Å². The highest BCUT2D eigenvalue weighted by Gasteiger charge is 2.17. The van der Waals surface area contributed by atoms with Gasteiger partial charge in [-0.1, -0.05) is 17.7 Å². The summed E-state index contributed by atoms with van der Waals surface area (Å²) in [7, 11) is 0. The molecule has 0 amide bonds. The molecule has 1 unspecified atom stereocenters. The number of rotatable bonds is 2. The van der Waals surface area contributed by atoms with Crippen LogP contribution in [0.5, 0.6) is 5.75 Å². The lowest BCUT2D eigenvalue weighted by Gasteiger charge is -2.07. The van der Waals surface area contributed by atoms with Crippen molar-refractivity contribution in [2.45, 2.75) is 13.0 Å². The van der Waals surface area contributed by atoms with E-state index in [-0.39, 0.29) is 22.1 Å². The summed E-state index contributed by atoms with van der Waals surface area (Å²) < 4.78 is 0. The van der Waals surface area contributed by atoms with Gasteiger partial charge >= 0.3 is 0 Å². The first-order chi connectivity index (χ1) is 6.04. The van der Waals surface area contributed by atoms with Crippen LogP contribution in [0, 0.1) is 0 Å². The van der Waals surface area contributed by atoms with E-state index in [1.807, 2.05) is 0 Å². The summed E-state index contributed by atoms with van der Waals surface area (Å²) in [6, 6.07) is 3.85. The average Bonchev–Trinajstić information content (AvgIpc) is 2.03. The molecule has 0 fully saturated rings. The molecule has 0 spiro atoms. The Labute approximate surface area is 81.1 Å². The number of ketones is 1. The van der Waals surface area contributed by atoms with Crippen LogP contribution in [-0.2, 0) is 0 Å². The molecule has 0 radical (unpaired) electrons. The lowest BCUT2D eigenvalue weighted by Crippen LogP contribution is -2.26. The Kier molecular flexibility index (Phi) is 2.90. The molecular formula is C9H10ClNO2. The summed E-state index contributed by atoms with van der Waals surface area (Å²) in [5, 5.41) is 9.57. The number of halogens is 1. The number of carbonyl (C=O) groups is 1. The number of nitrogens with two attached hydrogens (primary N) is 1. The van der Waals surface area contributed by atoms with Crippen LogP contribution in [-0.4, -0.2) is 16.9 Å². The van der Waals surface area contributed by atoms with Crippen molar-refractivity contribution < 1.29 is 9.90 Å². The summed E-state index contributed by atoms with van der Waals surface area (Å²) in [6.07, 6.45) is 0. The molecule has 3 nitrogen and oxygen atoms in total. The van der Waals surface area contributed by atoms with Crippen LogP contribution in [0.2, 0.25) is 5.02 Å². The number of hydrogen-bond acceptors (Lipinski definition) is 3. The van der Waals surface area contributed by atoms with E-state index in [0.29, 0.717) is 0 Å². The molecule has 1 aromatic rings. The quantitative estimate of drug-likeness (QED) is 0.711. The Morgan fingerprint density at radius 2 is 2.23 bits per heavy atom. The minimum atomic E-state index is -0.661. The minimum absolute atomic E-state index is 0.0965. The van der Waals surface area contributed by atoms with Gasteiger partial charge in [0.25, 0.3) is 0 Å². The highest BCUT2D eigenvalue weighted by Crippen LogP contribution is 2.25. The normalized spacial score (nSPS) is 12.5. The first kappa shape index (κ1) is 10.0. The van der Waals surface area contributed by atoms with Gasteiger partial charge in [0.05, 0.1) is 16.6 Å². The van der Waals surface area contributed by atoms with Crippen molar-refractivity contribution in [2.24, 2.45) is 5.73 Å². The van der Waals surface area contributed by atoms with E-state index >= 15 is 0 Å². The van der Waals surface area contributed by atoms with Gasteiger partial charge in [0, 0.05) is 0 Å². The molecule has 0 aromatic heterocycles. The molecule has 0 bridgehead atoms. The Balaban J connectivity index is 3.20. The zero-order valence-corrected chi connectivity index (χ0v) is 7.88. The maximum Gasteiger partial charge on any atom is 0.184 e. The molecule has 0 saturated heterocycles. The number of Topliss-reactive ketones (excluding diaryl/α,β-unsaturated/α-hetero) is 1. The topological polar surface area (TPSA) is 63.3 Å². The first-order valence-corrected chi connectivity index (χ1v) is 4.19. The average molecular weight is 200 g/mol. The molecule has 13 heavy (non-hydrogen) atoms. The van der Waals surface area contributed by atoms with Gasteiger partial charge in [-0.05, 0) is 19.1 Å². The second-order valence-corrected chi connectivity index (χ2v) is 3.19. The van der Waals surface area contributed by atoms with Crippen LogP contribution in [0.4, 0.5) is 0 Å². The molecule has 0 saturated carbocycles. The number of benzene rings is 1. The highest BCUT2D eigenvalue weighted by molar-refractivity contribution is 6.34. The lowest BCUT2D eigenvalue weighted by molar-refractivity contribution is 0.0965. The lowest BCUT2D eigenvalue weighted by atomic mass is 10.1. The molecular weight excluding hydrogens is 190 g/mol. The molecule has 70 valence electrons. The fourth-order valence-corrected chi connectivity index (χ4v) is 1.25. The van der Waals surface area contributed by atoms with Gasteiger partial charge in [-0.25, -0.2) is 0 Å². The van der Waals surface area contributed by atoms with Crippen LogP contribution < -0.4 is 5.73 Å². The van der Waals surface area contributed by atoms with Gasteiger partial charge in [0.1, 0.15) is 5.75 Å². The van der Waals surface area contributed by atoms with Gasteiger partial charge in [-0.3, -0.25) is 4.79 Å². The van der Waals surface area contributed by atoms with E-state index in [2.05, 4.69) is 0 Å². The number of phenols is 1. The Bertz CT molecular complexity index is 316. The molecule has 0 aliphatic heterocycles. The number of phenolic OH excluding ortho intramolecular Hbond substituents is 1. The third kappa shape index (κ3) is 1.99. The Morgan fingerprint density at radius 3 is 2.69 bits per heavy atom. The molecule has 0 aliphatic carbocycles. The zero-order valence-electron chi connectivity index (χ0n) is 7.12. The summed E-state index contributed by atoms with van der Waals surface area (Å²) in [5.41, 5.74) is 5.48. The number of carbonyl (C=O) groups excluding carboxylic acids is 1. The van der Waals surface area contributed by atoms with Crippen molar-refractivity contribution in [2.75, 3.05) is 0 Å². The summed E-state index contributed by atoms with van der Waals surface area (Å²) in [4.78, 5) is 11.4. The van der Waals surface area contributed by atoms with E-state index in [1.54, 1.807) is 13.0 Å². The second kappa shape index (κ2) is 3.77. The Morgan fingerprint density at radius 1 is 1.62 bits per heavy atom. The smallest absolute Gasteiger partial charge is 0.184 e. The fourth-order valence-electron chi connectivity index (χ4n) is 0.984. The first-order valence-electron chi connectivity index (χ1n) is 3.81. The molecule has 1 rings (SSSR count). The predicted molar refractivity (Wildman–Crippen MR) is 51.1 cm³/mol. The maximum absolute atomic E-state index is 11.4. The van der Waals surface area contributed by atoms with E-state index in [0.717, 1.165) is 0 Å². The van der Waals surface area contributed by atoms with Crippen molar-refractivity contribution in [1.29, 1.82) is 0 Å². The monoisotopic (exact) mass is 199 g/mol. The second-order valence-electron chi connectivity index (χ2n) is 2.79. The van der Waals surface area contributed by atoms with Gasteiger partial charge in [0.15, 0.2) is 5.78 Å². The largest absolute Gasteiger partial charge is 0.507 e. The third-order valence-corrected chi connectivity index (χ3v) is 1.97. The van der Waals surface area contributed by atoms with Gasteiger partial charge in [-0.15, -0.1) is 0 Å². The molecule has 1 atom stereocenters. The van der Waals surface area contributed by atoms with E-state index in [9.17, 15) is 9.90 Å². The summed E-state index contributed by atoms with van der Waals surface area (Å²) in [5.74, 6) is -0.488. The van der Waals surface area contributed by atoms with Gasteiger partial charge in [0.2, 0.25) is 0 Å². The van der Waals surface area contributed by atoms with Gasteiger partial charge in [-0.2, -0.15) is 0 Å². The highest BCUT2D eigenvalue weighted by atomic mass is 35.5. The number of aromatic hydroxyl groups is 1. The van der Waals surface area contributed by atoms with Crippen LogP contribution in [0.1, 0.15) is 17.3 Å². The summed E-state index contributed by atoms with van der Waals surface area (Å²) in [6.45, 7) is 1.55. The fraction of sp³-hybridized carbons (Fsp3) is 0.222. The Hall–Kier alpha value is -1.06. The van der Waals surface area contributed by atoms with Gasteiger partial charge < -0.3 is 10.8 Å². The van der Waals surface area contributed by atoms with Crippen molar-refractivity contribution in [3.63, 3.8) is 0 Å². The van der Waals surface area contributed by atoms with Crippen LogP contribution in [0.25, 0.3) is 0 Å². The van der Waals surface area contributed by atoms with Crippen molar-refractivity contribution in [1.82, 2.24) is 0 Å². The molecule has 1 aromatic carbocycles. The molecule has 0 heterocycles. The number of hydrogen-bond donors (Lipinski definition) is 2. The predicted octanol–water partition coefficient (Wildman–Crippen LogP) is 1.58. The third-order valence-electron chi connectivity index (χ3n) is 1.65. The minimum Gasteiger partial charge on any atom is -0.507 e. The van der Waals surface area contributed by atoms with Crippen LogP contribution in [0.15, 0.2) is 18.2 Å². The molecule has 4 heteroatoms. The van der Waals surface area contributed by atoms with E-state index in [1.165, 1.54) is 12.1 Å². The van der Waals surface area contributed by atoms with E-state index < -0.39 is 6.04 Å². The van der Waals surface area contributed by atoms with Crippen molar-refractivity contribution in [3.05, 3.63) is 28.8 Å². The van der Waals surface area contributed by atoms with Crippen molar-refractivity contribution >= 4 is 17.4 Å². The SMILES string of the molecule is CC(N)C(=O)c1c(O)cccc1Cl. The molecule has 0 aliphatic rings. The van der Waals surface area contributed by atoms with Crippen molar-refractivity contribution in [3.8, 4) is 5.75 Å². The van der Waals surface area contributed by atoms with Crippen LogP contribution >= 0.6 is 11.6 Å². The maximum atomic E-state index is 11.4. The standard InChI is InChI=1S/C9H10ClNO2/c1-5(11)9(13)8-6(10)3-2-4-7(8)12/h2-5,12H,11H2,1H3.